The Balaban J connectivity index is 0. The molecule has 7 nitrogen and oxygen atoms in total. The molecule has 21 heavy (non-hydrogen) atoms. The summed E-state index contributed by atoms with van der Waals surface area (Å²) in [4.78, 5) is 21.3. The van der Waals surface area contributed by atoms with E-state index in [0.717, 1.165) is 0 Å². The largest absolute Gasteiger partial charge is 0.465 e. The number of rotatable bonds is 8. The number of hydrogen-bond acceptors (Lipinski definition) is 7. The van der Waals surface area contributed by atoms with Crippen LogP contribution in [0.25, 0.3) is 0 Å². The van der Waals surface area contributed by atoms with Crippen molar-refractivity contribution in [3.8, 4) is 6.07 Å². The van der Waals surface area contributed by atoms with Gasteiger partial charge in [0, 0.05) is 0 Å². The Bertz CT molecular complexity index is 394. The Morgan fingerprint density at radius 3 is 1.90 bits per heavy atom. The van der Waals surface area contributed by atoms with Gasteiger partial charge in [0.25, 0.3) is 0 Å². The van der Waals surface area contributed by atoms with E-state index in [1.165, 1.54) is 6.92 Å². The van der Waals surface area contributed by atoms with E-state index in [2.05, 4.69) is 4.74 Å². The maximum Gasteiger partial charge on any atom is 0.344 e. The van der Waals surface area contributed by atoms with Gasteiger partial charge in [0.2, 0.25) is 0 Å². The maximum absolute atomic E-state index is 11.3. The van der Waals surface area contributed by atoms with Crippen LogP contribution < -0.4 is 0 Å². The van der Waals surface area contributed by atoms with Crippen LogP contribution in [-0.4, -0.2) is 37.7 Å². The Kier molecular flexibility index (Phi) is 13.2. The fourth-order valence-electron chi connectivity index (χ4n) is 1.04. The summed E-state index contributed by atoms with van der Waals surface area (Å²) >= 11 is 0. The predicted molar refractivity (Wildman–Crippen MR) is 77.8 cm³/mol. The molecule has 0 aromatic heterocycles. The molecule has 0 aliphatic carbocycles. The minimum atomic E-state index is -3.08. The molecule has 0 aliphatic heterocycles. The number of hydrogen-bond donors (Lipinski definition) is 0. The van der Waals surface area contributed by atoms with Gasteiger partial charge in [-0.15, -0.1) is 0 Å². The summed E-state index contributed by atoms with van der Waals surface area (Å²) in [5.74, 6) is -1.20. The van der Waals surface area contributed by atoms with Crippen molar-refractivity contribution in [2.45, 2.75) is 34.6 Å². The minimum Gasteiger partial charge on any atom is -0.465 e. The summed E-state index contributed by atoms with van der Waals surface area (Å²) in [6, 6.07) is 1.76. The molecule has 0 aromatic rings. The average Bonchev–Trinajstić information content (AvgIpc) is 2.39. The first kappa shape index (κ1) is 22.1. The number of nitriles is 1. The fraction of sp³-hybridized carbons (Fsp3) is 0.769. The van der Waals surface area contributed by atoms with Gasteiger partial charge in [0.15, 0.2) is 0 Å². The van der Waals surface area contributed by atoms with E-state index in [0.29, 0.717) is 19.8 Å². The lowest BCUT2D eigenvalue weighted by atomic mass is 10.1. The van der Waals surface area contributed by atoms with Crippen LogP contribution in [0.15, 0.2) is 0 Å². The molecule has 1 atom stereocenters. The zero-order valence-corrected chi connectivity index (χ0v) is 14.1. The molecule has 0 rings (SSSR count). The summed E-state index contributed by atoms with van der Waals surface area (Å²) in [5, 5.41) is 8.27. The van der Waals surface area contributed by atoms with Crippen LogP contribution in [0.2, 0.25) is 0 Å². The molecule has 0 saturated carbocycles. The van der Waals surface area contributed by atoms with Crippen molar-refractivity contribution in [1.29, 1.82) is 5.26 Å². The van der Waals surface area contributed by atoms with Crippen molar-refractivity contribution >= 4 is 19.3 Å². The van der Waals surface area contributed by atoms with E-state index in [4.69, 9.17) is 14.3 Å². The van der Waals surface area contributed by atoms with Crippen molar-refractivity contribution in [2.75, 3.05) is 26.0 Å². The molecule has 0 saturated heterocycles. The summed E-state index contributed by atoms with van der Waals surface area (Å²) < 4.78 is 25.6. The number of nitrogens with zero attached hydrogens (tertiary/aromatic N) is 1. The van der Waals surface area contributed by atoms with Gasteiger partial charge in [-0.2, -0.15) is 5.26 Å². The Labute approximate surface area is 126 Å². The topological polar surface area (TPSA) is 103 Å². The Morgan fingerprint density at radius 2 is 1.62 bits per heavy atom. The minimum absolute atomic E-state index is 0.154. The lowest BCUT2D eigenvalue weighted by molar-refractivity contribution is -0.150. The van der Waals surface area contributed by atoms with Gasteiger partial charge < -0.3 is 13.8 Å². The molecule has 1 unspecified atom stereocenters. The second-order valence-corrected chi connectivity index (χ2v) is 5.90. The fourth-order valence-corrected chi connectivity index (χ4v) is 2.26. The highest BCUT2D eigenvalue weighted by atomic mass is 31.2. The third-order valence-electron chi connectivity index (χ3n) is 2.17. The van der Waals surface area contributed by atoms with Crippen LogP contribution in [0.4, 0.5) is 0 Å². The van der Waals surface area contributed by atoms with Gasteiger partial charge >= 0.3 is 13.6 Å². The van der Waals surface area contributed by atoms with E-state index in [-0.39, 0.29) is 11.9 Å². The molecular weight excluding hydrogens is 297 g/mol. The summed E-state index contributed by atoms with van der Waals surface area (Å²) in [6.45, 7) is 8.99. The Hall–Kier alpha value is -1.22. The van der Waals surface area contributed by atoms with Gasteiger partial charge in [-0.1, -0.05) is 0 Å². The molecule has 0 fully saturated rings. The lowest BCUT2D eigenvalue weighted by Crippen LogP contribution is -2.20. The number of ether oxygens (including phenoxy) is 1. The van der Waals surface area contributed by atoms with Gasteiger partial charge in [0.1, 0.15) is 17.9 Å². The second-order valence-electron chi connectivity index (χ2n) is 3.85. The molecular formula is C13H24NO6P. The molecule has 0 amide bonds. The number of carbonyl (C=O) groups excluding carboxylic acids is 2. The van der Waals surface area contributed by atoms with E-state index in [1.54, 1.807) is 33.8 Å². The highest BCUT2D eigenvalue weighted by Gasteiger charge is 2.22. The third kappa shape index (κ3) is 11.1. The highest BCUT2D eigenvalue weighted by molar-refractivity contribution is 7.54. The highest BCUT2D eigenvalue weighted by Crippen LogP contribution is 2.47. The van der Waals surface area contributed by atoms with Crippen LogP contribution in [0.5, 0.6) is 0 Å². The van der Waals surface area contributed by atoms with E-state index in [9.17, 15) is 14.2 Å². The SMILES string of the molecule is CCOC(=O)C(C)C(C)=O.CCOP(=O)(CC#N)OCC. The van der Waals surface area contributed by atoms with E-state index in [1.807, 2.05) is 0 Å². The molecule has 0 aromatic carbocycles. The van der Waals surface area contributed by atoms with E-state index >= 15 is 0 Å². The number of ketones is 1. The first-order valence-corrected chi connectivity index (χ1v) is 8.42. The second kappa shape index (κ2) is 12.5. The lowest BCUT2D eigenvalue weighted by Gasteiger charge is -2.12. The smallest absolute Gasteiger partial charge is 0.344 e. The Morgan fingerprint density at radius 1 is 1.14 bits per heavy atom. The van der Waals surface area contributed by atoms with Crippen molar-refractivity contribution in [3.05, 3.63) is 0 Å². The first-order valence-electron chi connectivity index (χ1n) is 6.70. The quantitative estimate of drug-likeness (QED) is 0.384. The van der Waals surface area contributed by atoms with Gasteiger partial charge in [-0.3, -0.25) is 14.2 Å². The molecule has 0 aliphatic rings. The summed E-state index contributed by atoms with van der Waals surface area (Å²) in [7, 11) is -3.08. The summed E-state index contributed by atoms with van der Waals surface area (Å²) in [5.41, 5.74) is 0. The first-order chi connectivity index (χ1) is 9.77. The zero-order chi connectivity index (χ0) is 16.9. The standard InChI is InChI=1S/C7H12O3.C6H12NO3P/c1-4-10-7(9)5(2)6(3)8;1-3-9-11(8,6-5-7)10-4-2/h5H,4H2,1-3H3;3-4,6H2,1-2H3. The molecule has 0 bridgehead atoms. The van der Waals surface area contributed by atoms with Crippen LogP contribution in [0, 0.1) is 17.2 Å². The van der Waals surface area contributed by atoms with Crippen LogP contribution in [0.1, 0.15) is 34.6 Å². The molecule has 0 radical (unpaired) electrons. The number of carbonyl (C=O) groups is 2. The monoisotopic (exact) mass is 321 g/mol. The van der Waals surface area contributed by atoms with Gasteiger partial charge in [0.05, 0.1) is 25.9 Å². The van der Waals surface area contributed by atoms with Gasteiger partial charge in [-0.05, 0) is 34.6 Å². The van der Waals surface area contributed by atoms with Crippen molar-refractivity contribution < 1.29 is 27.9 Å². The molecule has 0 spiro atoms. The normalized spacial score (nSPS) is 11.6. The van der Waals surface area contributed by atoms with Crippen molar-refractivity contribution in [3.63, 3.8) is 0 Å². The predicted octanol–water partition coefficient (Wildman–Crippen LogP) is 2.55. The summed E-state index contributed by atoms with van der Waals surface area (Å²) in [6.07, 6.45) is -0.172. The average molecular weight is 321 g/mol. The van der Waals surface area contributed by atoms with Crippen LogP contribution >= 0.6 is 7.60 Å². The molecule has 0 N–H and O–H groups in total. The van der Waals surface area contributed by atoms with Crippen molar-refractivity contribution in [2.24, 2.45) is 5.92 Å². The van der Waals surface area contributed by atoms with Crippen LogP contribution in [-0.2, 0) is 27.9 Å². The number of Topliss-reactive ketones (excluding diaryl/α,β-unsaturated/α-hetero) is 1. The van der Waals surface area contributed by atoms with Crippen LogP contribution in [0.3, 0.4) is 0 Å². The zero-order valence-electron chi connectivity index (χ0n) is 13.2. The van der Waals surface area contributed by atoms with Crippen molar-refractivity contribution in [1.82, 2.24) is 0 Å². The number of esters is 1. The van der Waals surface area contributed by atoms with Gasteiger partial charge in [-0.25, -0.2) is 0 Å². The maximum atomic E-state index is 11.3. The molecule has 0 heterocycles. The molecule has 8 heteroatoms. The third-order valence-corrected chi connectivity index (χ3v) is 4.00. The van der Waals surface area contributed by atoms with E-state index < -0.39 is 19.5 Å². The molecule has 122 valence electrons.